The van der Waals surface area contributed by atoms with Gasteiger partial charge in [-0.15, -0.1) is 10.2 Å². The predicted octanol–water partition coefficient (Wildman–Crippen LogP) is 1.28. The first-order valence-electron chi connectivity index (χ1n) is 4.81. The van der Waals surface area contributed by atoms with Crippen LogP contribution in [0.3, 0.4) is 0 Å². The number of carbonyl (C=O) groups is 1. The Morgan fingerprint density at radius 1 is 1.44 bits per heavy atom. The van der Waals surface area contributed by atoms with Crippen LogP contribution >= 0.6 is 0 Å². The van der Waals surface area contributed by atoms with Crippen LogP contribution < -0.4 is 5.32 Å². The van der Waals surface area contributed by atoms with Crippen molar-refractivity contribution in [2.24, 2.45) is 7.05 Å². The fourth-order valence-corrected chi connectivity index (χ4v) is 1.31. The summed E-state index contributed by atoms with van der Waals surface area (Å²) in [6, 6.07) is 1.62. The number of aryl methyl sites for hydroxylation is 2. The minimum Gasteiger partial charge on any atom is -0.469 e. The van der Waals surface area contributed by atoms with Crippen molar-refractivity contribution in [3.05, 3.63) is 29.5 Å². The van der Waals surface area contributed by atoms with Crippen LogP contribution in [0.2, 0.25) is 0 Å². The van der Waals surface area contributed by atoms with Crippen LogP contribution in [-0.4, -0.2) is 20.7 Å². The van der Waals surface area contributed by atoms with E-state index in [9.17, 15) is 4.79 Å². The van der Waals surface area contributed by atoms with E-state index in [2.05, 4.69) is 15.5 Å². The number of amides is 1. The Kier molecular flexibility index (Phi) is 2.47. The molecule has 2 heterocycles. The molecule has 0 saturated heterocycles. The van der Waals surface area contributed by atoms with E-state index < -0.39 is 0 Å². The lowest BCUT2D eigenvalue weighted by atomic mass is 10.2. The standard InChI is InChI=1S/C10H12N4O2/c1-6-8(4-5-16-6)9(15)11-10-13-12-7(2)14(10)3/h4-5H,1-3H3,(H,11,13,15). The number of carbonyl (C=O) groups excluding carboxylic acids is 1. The zero-order valence-corrected chi connectivity index (χ0v) is 9.31. The van der Waals surface area contributed by atoms with E-state index in [-0.39, 0.29) is 5.91 Å². The van der Waals surface area contributed by atoms with E-state index in [0.29, 0.717) is 17.3 Å². The number of hydrogen-bond acceptors (Lipinski definition) is 4. The first kappa shape index (κ1) is 10.4. The normalized spacial score (nSPS) is 10.4. The number of hydrogen-bond donors (Lipinski definition) is 1. The minimum absolute atomic E-state index is 0.248. The fourth-order valence-electron chi connectivity index (χ4n) is 1.31. The first-order valence-corrected chi connectivity index (χ1v) is 4.81. The van der Waals surface area contributed by atoms with Crippen molar-refractivity contribution >= 4 is 11.9 Å². The van der Waals surface area contributed by atoms with Crippen molar-refractivity contribution in [1.82, 2.24) is 14.8 Å². The van der Waals surface area contributed by atoms with Crippen molar-refractivity contribution in [3.8, 4) is 0 Å². The van der Waals surface area contributed by atoms with Gasteiger partial charge in [-0.2, -0.15) is 0 Å². The third-order valence-electron chi connectivity index (χ3n) is 2.42. The van der Waals surface area contributed by atoms with Crippen LogP contribution in [0.25, 0.3) is 0 Å². The maximum atomic E-state index is 11.8. The highest BCUT2D eigenvalue weighted by Crippen LogP contribution is 2.11. The number of furan rings is 1. The highest BCUT2D eigenvalue weighted by molar-refractivity contribution is 6.04. The molecule has 0 bridgehead atoms. The van der Waals surface area contributed by atoms with Gasteiger partial charge in [0.25, 0.3) is 5.91 Å². The van der Waals surface area contributed by atoms with Crippen molar-refractivity contribution < 1.29 is 9.21 Å². The number of aromatic nitrogens is 3. The number of anilines is 1. The summed E-state index contributed by atoms with van der Waals surface area (Å²) in [5, 5.41) is 10.4. The van der Waals surface area contributed by atoms with Gasteiger partial charge in [0.2, 0.25) is 5.95 Å². The van der Waals surface area contributed by atoms with Gasteiger partial charge < -0.3 is 8.98 Å². The van der Waals surface area contributed by atoms with E-state index in [0.717, 1.165) is 5.82 Å². The van der Waals surface area contributed by atoms with Crippen molar-refractivity contribution in [2.75, 3.05) is 5.32 Å². The van der Waals surface area contributed by atoms with Crippen molar-refractivity contribution in [3.63, 3.8) is 0 Å². The zero-order chi connectivity index (χ0) is 11.7. The summed E-state index contributed by atoms with van der Waals surface area (Å²) in [6.45, 7) is 3.54. The van der Waals surface area contributed by atoms with Gasteiger partial charge in [0, 0.05) is 7.05 Å². The van der Waals surface area contributed by atoms with Gasteiger partial charge >= 0.3 is 0 Å². The number of rotatable bonds is 2. The molecule has 2 aromatic rings. The summed E-state index contributed by atoms with van der Waals surface area (Å²) in [6.07, 6.45) is 1.48. The largest absolute Gasteiger partial charge is 0.469 e. The highest BCUT2D eigenvalue weighted by Gasteiger charge is 2.14. The van der Waals surface area contributed by atoms with Crippen LogP contribution in [0.5, 0.6) is 0 Å². The molecule has 0 spiro atoms. The summed E-state index contributed by atoms with van der Waals surface area (Å²) in [7, 11) is 1.78. The van der Waals surface area contributed by atoms with Gasteiger partial charge in [0.15, 0.2) is 0 Å². The molecule has 84 valence electrons. The van der Waals surface area contributed by atoms with Gasteiger partial charge in [-0.1, -0.05) is 0 Å². The molecule has 0 aliphatic heterocycles. The maximum Gasteiger partial charge on any atom is 0.261 e. The summed E-state index contributed by atoms with van der Waals surface area (Å²) in [4.78, 5) is 11.8. The van der Waals surface area contributed by atoms with Gasteiger partial charge in [-0.3, -0.25) is 10.1 Å². The molecular formula is C10H12N4O2. The van der Waals surface area contributed by atoms with Gasteiger partial charge in [-0.05, 0) is 19.9 Å². The van der Waals surface area contributed by atoms with Crippen molar-refractivity contribution in [1.29, 1.82) is 0 Å². The lowest BCUT2D eigenvalue weighted by molar-refractivity contribution is 0.102. The predicted molar refractivity (Wildman–Crippen MR) is 57.1 cm³/mol. The molecule has 0 unspecified atom stereocenters. The molecule has 6 nitrogen and oxygen atoms in total. The molecule has 16 heavy (non-hydrogen) atoms. The molecule has 1 N–H and O–H groups in total. The van der Waals surface area contributed by atoms with E-state index in [1.165, 1.54) is 6.26 Å². The Morgan fingerprint density at radius 3 is 2.69 bits per heavy atom. The molecule has 1 amide bonds. The molecule has 0 atom stereocenters. The van der Waals surface area contributed by atoms with Gasteiger partial charge in [0.1, 0.15) is 11.6 Å². The summed E-state index contributed by atoms with van der Waals surface area (Å²) < 4.78 is 6.76. The smallest absolute Gasteiger partial charge is 0.261 e. The number of nitrogens with one attached hydrogen (secondary N) is 1. The lowest BCUT2D eigenvalue weighted by Gasteiger charge is -2.03. The Labute approximate surface area is 92.3 Å². The summed E-state index contributed by atoms with van der Waals surface area (Å²) in [5.41, 5.74) is 0.501. The number of nitrogens with zero attached hydrogens (tertiary/aromatic N) is 3. The Balaban J connectivity index is 2.20. The average molecular weight is 220 g/mol. The zero-order valence-electron chi connectivity index (χ0n) is 9.31. The van der Waals surface area contributed by atoms with E-state index >= 15 is 0 Å². The molecule has 0 fully saturated rings. The lowest BCUT2D eigenvalue weighted by Crippen LogP contribution is -2.15. The fraction of sp³-hybridized carbons (Fsp3) is 0.300. The first-order chi connectivity index (χ1) is 7.59. The Hall–Kier alpha value is -2.11. The van der Waals surface area contributed by atoms with Crippen molar-refractivity contribution in [2.45, 2.75) is 13.8 Å². The second-order valence-corrected chi connectivity index (χ2v) is 3.47. The molecule has 0 radical (unpaired) electrons. The minimum atomic E-state index is -0.248. The average Bonchev–Trinajstić information content (AvgIpc) is 2.79. The molecule has 0 aliphatic rings. The Bertz CT molecular complexity index is 527. The summed E-state index contributed by atoms with van der Waals surface area (Å²) >= 11 is 0. The second kappa shape index (κ2) is 3.80. The maximum absolute atomic E-state index is 11.8. The molecule has 0 aliphatic carbocycles. The summed E-state index contributed by atoms with van der Waals surface area (Å²) in [5.74, 6) is 1.49. The van der Waals surface area contributed by atoms with Gasteiger partial charge in [0.05, 0.1) is 11.8 Å². The van der Waals surface area contributed by atoms with Crippen LogP contribution in [-0.2, 0) is 7.05 Å². The van der Waals surface area contributed by atoms with Crippen LogP contribution in [0.4, 0.5) is 5.95 Å². The molecule has 2 aromatic heterocycles. The third kappa shape index (κ3) is 1.69. The van der Waals surface area contributed by atoms with Gasteiger partial charge in [-0.25, -0.2) is 0 Å². The van der Waals surface area contributed by atoms with Crippen LogP contribution in [0, 0.1) is 13.8 Å². The molecular weight excluding hydrogens is 208 g/mol. The quantitative estimate of drug-likeness (QED) is 0.827. The monoisotopic (exact) mass is 220 g/mol. The molecule has 6 heteroatoms. The molecule has 0 saturated carbocycles. The Morgan fingerprint density at radius 2 is 2.19 bits per heavy atom. The highest BCUT2D eigenvalue weighted by atomic mass is 16.3. The second-order valence-electron chi connectivity index (χ2n) is 3.47. The third-order valence-corrected chi connectivity index (χ3v) is 2.42. The van der Waals surface area contributed by atoms with E-state index in [4.69, 9.17) is 4.42 Å². The van der Waals surface area contributed by atoms with Crippen LogP contribution in [0.15, 0.2) is 16.7 Å². The molecule has 2 rings (SSSR count). The van der Waals surface area contributed by atoms with E-state index in [1.54, 1.807) is 24.6 Å². The van der Waals surface area contributed by atoms with E-state index in [1.807, 2.05) is 6.92 Å². The SMILES string of the molecule is Cc1occc1C(=O)Nc1nnc(C)n1C. The van der Waals surface area contributed by atoms with Crippen LogP contribution in [0.1, 0.15) is 21.9 Å². The topological polar surface area (TPSA) is 73.0 Å². The molecule has 0 aromatic carbocycles.